The Hall–Kier alpha value is -1.36. The van der Waals surface area contributed by atoms with Gasteiger partial charge in [-0.2, -0.15) is 0 Å². The van der Waals surface area contributed by atoms with E-state index in [9.17, 15) is 14.0 Å². The summed E-state index contributed by atoms with van der Waals surface area (Å²) >= 11 is 2.61. The molecule has 1 aromatic carbocycles. The van der Waals surface area contributed by atoms with Crippen LogP contribution in [0.4, 0.5) is 4.39 Å². The van der Waals surface area contributed by atoms with E-state index >= 15 is 0 Å². The zero-order valence-electron chi connectivity index (χ0n) is 19.1. The number of carbonyl (C=O) groups excluding carboxylic acids is 2. The molecule has 34 heavy (non-hydrogen) atoms. The highest BCUT2D eigenvalue weighted by Crippen LogP contribution is 2.40. The lowest BCUT2D eigenvalue weighted by Crippen LogP contribution is -2.43. The van der Waals surface area contributed by atoms with E-state index in [1.165, 1.54) is 29.4 Å². The number of likely N-dealkylation sites (N-methyl/N-ethyl adjacent to an activating group) is 1. The molecule has 0 bridgehead atoms. The fraction of sp³-hybridized carbons (Fsp3) is 0.478. The van der Waals surface area contributed by atoms with E-state index in [0.717, 1.165) is 24.1 Å². The zero-order valence-corrected chi connectivity index (χ0v) is 22.3. The number of benzene rings is 1. The molecule has 1 saturated heterocycles. The van der Waals surface area contributed by atoms with Crippen molar-refractivity contribution in [3.63, 3.8) is 0 Å². The van der Waals surface area contributed by atoms with Gasteiger partial charge in [-0.15, -0.1) is 29.9 Å². The number of hydrogen-bond donors (Lipinski definition) is 0. The van der Waals surface area contributed by atoms with Gasteiger partial charge >= 0.3 is 0 Å². The molecule has 186 valence electrons. The van der Waals surface area contributed by atoms with Crippen LogP contribution >= 0.6 is 48.1 Å². The average molecular weight is 548 g/mol. The summed E-state index contributed by atoms with van der Waals surface area (Å²) in [5, 5.41) is 6.10. The molecule has 0 N–H and O–H groups in total. The van der Waals surface area contributed by atoms with Crippen LogP contribution in [-0.2, 0) is 9.59 Å². The van der Waals surface area contributed by atoms with Crippen molar-refractivity contribution in [3.8, 4) is 0 Å². The summed E-state index contributed by atoms with van der Waals surface area (Å²) < 4.78 is 18.7. The molecule has 6 nitrogen and oxygen atoms in total. The maximum Gasteiger partial charge on any atom is 0.203 e. The van der Waals surface area contributed by atoms with Gasteiger partial charge in [0.05, 0.1) is 18.3 Å². The molecule has 2 atom stereocenters. The molecule has 2 fully saturated rings. The van der Waals surface area contributed by atoms with E-state index in [2.05, 4.69) is 14.5 Å². The Morgan fingerprint density at radius 2 is 2.00 bits per heavy atom. The minimum Gasteiger partial charge on any atom is -0.302 e. The minimum atomic E-state index is -0.607. The van der Waals surface area contributed by atoms with E-state index in [-0.39, 0.29) is 52.7 Å². The predicted octanol–water partition coefficient (Wildman–Crippen LogP) is 4.52. The lowest BCUT2D eigenvalue weighted by Gasteiger charge is -2.38. The molecular weight excluding hydrogens is 518 g/mol. The Bertz CT molecular complexity index is 1000. The molecule has 0 spiro atoms. The summed E-state index contributed by atoms with van der Waals surface area (Å²) in [7, 11) is 3.75. The first-order valence-corrected chi connectivity index (χ1v) is 12.5. The van der Waals surface area contributed by atoms with Crippen molar-refractivity contribution in [2.45, 2.75) is 30.6 Å². The second-order valence-corrected chi connectivity index (χ2v) is 10.5. The summed E-state index contributed by atoms with van der Waals surface area (Å²) in [4.78, 5) is 29.7. The molecule has 4 rings (SSSR count). The fourth-order valence-electron chi connectivity index (χ4n) is 4.07. The van der Waals surface area contributed by atoms with Gasteiger partial charge in [-0.25, -0.2) is 4.39 Å². The molecule has 2 aromatic rings. The highest BCUT2D eigenvalue weighted by Gasteiger charge is 2.41. The van der Waals surface area contributed by atoms with Gasteiger partial charge in [-0.3, -0.25) is 14.5 Å². The van der Waals surface area contributed by atoms with E-state index in [1.54, 1.807) is 18.2 Å². The number of thioether (sulfide) groups is 1. The first-order chi connectivity index (χ1) is 15.4. The second kappa shape index (κ2) is 13.1. The molecule has 0 amide bonds. The summed E-state index contributed by atoms with van der Waals surface area (Å²) in [5.41, 5.74) is 2.20. The zero-order chi connectivity index (χ0) is 22.7. The molecule has 2 heterocycles. The maximum atomic E-state index is 14.7. The van der Waals surface area contributed by atoms with Gasteiger partial charge in [-0.05, 0) is 62.6 Å². The van der Waals surface area contributed by atoms with Crippen molar-refractivity contribution < 1.29 is 14.0 Å². The first-order valence-electron chi connectivity index (χ1n) is 10.8. The van der Waals surface area contributed by atoms with Gasteiger partial charge < -0.3 is 4.90 Å². The van der Waals surface area contributed by atoms with Gasteiger partial charge in [0.25, 0.3) is 0 Å². The predicted molar refractivity (Wildman–Crippen MR) is 140 cm³/mol. The molecule has 1 aliphatic heterocycles. The molecule has 11 heteroatoms. The maximum absolute atomic E-state index is 14.7. The third-order valence-corrected chi connectivity index (χ3v) is 7.46. The van der Waals surface area contributed by atoms with E-state index in [4.69, 9.17) is 0 Å². The van der Waals surface area contributed by atoms with Gasteiger partial charge in [0.2, 0.25) is 5.12 Å². The lowest BCUT2D eigenvalue weighted by molar-refractivity contribution is -0.126. The Morgan fingerprint density at radius 1 is 1.26 bits per heavy atom. The Morgan fingerprint density at radius 3 is 2.62 bits per heavy atom. The highest BCUT2D eigenvalue weighted by atomic mass is 35.5. The number of hydrogen-bond acceptors (Lipinski definition) is 8. The van der Waals surface area contributed by atoms with E-state index in [0.29, 0.717) is 31.6 Å². The first kappa shape index (κ1) is 28.9. The summed E-state index contributed by atoms with van der Waals surface area (Å²) in [5.74, 6) is -0.235. The third kappa shape index (κ3) is 7.32. The number of ketones is 1. The molecule has 2 unspecified atom stereocenters. The van der Waals surface area contributed by atoms with Crippen LogP contribution in [0.5, 0.6) is 0 Å². The molecule has 1 saturated carbocycles. The Labute approximate surface area is 220 Å². The quantitative estimate of drug-likeness (QED) is 0.482. The van der Waals surface area contributed by atoms with Crippen LogP contribution in [0.25, 0.3) is 6.08 Å². The van der Waals surface area contributed by atoms with Crippen LogP contribution in [0.2, 0.25) is 0 Å². The van der Waals surface area contributed by atoms with Crippen molar-refractivity contribution in [2.24, 2.45) is 5.92 Å². The monoisotopic (exact) mass is 546 g/mol. The number of piperidine rings is 1. The summed E-state index contributed by atoms with van der Waals surface area (Å²) in [6, 6.07) is 5.96. The van der Waals surface area contributed by atoms with Crippen LogP contribution in [0.3, 0.4) is 0 Å². The molecule has 0 radical (unpaired) electrons. The van der Waals surface area contributed by atoms with Crippen LogP contribution in [0.1, 0.15) is 36.6 Å². The lowest BCUT2D eigenvalue weighted by atomic mass is 9.93. The topological polar surface area (TPSA) is 66.4 Å². The van der Waals surface area contributed by atoms with Crippen LogP contribution in [0.15, 0.2) is 35.2 Å². The van der Waals surface area contributed by atoms with Gasteiger partial charge in [0, 0.05) is 35.2 Å². The number of Topliss-reactive ketones (excluding diaryl/α,β-unsaturated/α-hetero) is 1. The number of nitrogens with zero attached hydrogens (tertiary/aromatic N) is 4. The largest absolute Gasteiger partial charge is 0.302 e. The summed E-state index contributed by atoms with van der Waals surface area (Å²) in [6.07, 6.45) is 4.43. The Balaban J connectivity index is 0.00000204. The second-order valence-electron chi connectivity index (χ2n) is 8.63. The van der Waals surface area contributed by atoms with Gasteiger partial charge in [0.15, 0.2) is 5.78 Å². The number of rotatable bonds is 8. The molecular formula is C23H29Cl2FN4O2S2. The molecule has 2 aliphatic rings. The van der Waals surface area contributed by atoms with Crippen molar-refractivity contribution in [3.05, 3.63) is 52.3 Å². The highest BCUT2D eigenvalue weighted by molar-refractivity contribution is 8.14. The van der Waals surface area contributed by atoms with E-state index in [1.807, 2.05) is 30.5 Å². The third-order valence-electron chi connectivity index (χ3n) is 5.72. The van der Waals surface area contributed by atoms with Crippen LogP contribution < -0.4 is 0 Å². The smallest absolute Gasteiger partial charge is 0.203 e. The van der Waals surface area contributed by atoms with Gasteiger partial charge in [0.1, 0.15) is 5.82 Å². The van der Waals surface area contributed by atoms with Crippen molar-refractivity contribution in [2.75, 3.05) is 33.7 Å². The van der Waals surface area contributed by atoms with Crippen molar-refractivity contribution in [1.29, 1.82) is 0 Å². The Kier molecular flexibility index (Phi) is 11.1. The van der Waals surface area contributed by atoms with Crippen molar-refractivity contribution >= 4 is 65.1 Å². The SMILES string of the molecule is CN(C)CC(=O)SC1CCN(C(C(=O)C2CC2)c2ccccc2F)CC1=Cc1csnn1.Cl.Cl. The number of aromatic nitrogens is 2. The van der Waals surface area contributed by atoms with Crippen molar-refractivity contribution in [1.82, 2.24) is 19.4 Å². The van der Waals surface area contributed by atoms with E-state index < -0.39 is 6.04 Å². The average Bonchev–Trinajstić information content (AvgIpc) is 3.48. The number of halogens is 3. The summed E-state index contributed by atoms with van der Waals surface area (Å²) in [6.45, 7) is 1.48. The van der Waals surface area contributed by atoms with Crippen LogP contribution in [-0.4, -0.2) is 69.3 Å². The fourth-order valence-corrected chi connectivity index (χ4v) is 5.65. The molecule has 1 aromatic heterocycles. The van der Waals surface area contributed by atoms with Crippen LogP contribution in [0, 0.1) is 11.7 Å². The molecule has 1 aliphatic carbocycles. The number of carbonyl (C=O) groups is 2. The minimum absolute atomic E-state index is 0. The standard InChI is InChI=1S/C23H27FN4O2S2.2ClH/c1-27(2)13-21(29)32-20-9-10-28(12-16(20)11-17-14-31-26-25-17)22(23(30)15-7-8-15)18-5-3-4-6-19(18)24;;/h3-6,11,14-15,20,22H,7-10,12-13H2,1-2H3;2*1H. The number of likely N-dealkylation sites (tertiary alicyclic amines) is 1. The normalized spacial score (nSPS) is 20.5. The van der Waals surface area contributed by atoms with Gasteiger partial charge in [-0.1, -0.05) is 34.4 Å².